The number of guanidine groups is 1. The van der Waals surface area contributed by atoms with E-state index in [9.17, 15) is 0 Å². The van der Waals surface area contributed by atoms with Gasteiger partial charge in [-0.3, -0.25) is 4.99 Å². The van der Waals surface area contributed by atoms with Crippen molar-refractivity contribution in [2.24, 2.45) is 10.9 Å². The first-order valence-electron chi connectivity index (χ1n) is 7.45. The molecule has 0 spiro atoms. The van der Waals surface area contributed by atoms with Crippen LogP contribution in [-0.4, -0.2) is 19.0 Å². The van der Waals surface area contributed by atoms with Gasteiger partial charge in [-0.2, -0.15) is 0 Å². The van der Waals surface area contributed by atoms with Gasteiger partial charge in [0.25, 0.3) is 0 Å². The topological polar surface area (TPSA) is 49.6 Å². The number of furan rings is 1. The highest BCUT2D eigenvalue weighted by Gasteiger charge is 2.08. The van der Waals surface area contributed by atoms with Crippen LogP contribution >= 0.6 is 24.0 Å². The van der Waals surface area contributed by atoms with Crippen molar-refractivity contribution in [3.05, 3.63) is 23.2 Å². The third-order valence-electron chi connectivity index (χ3n) is 3.37. The predicted octanol–water partition coefficient (Wildman–Crippen LogP) is 4.00. The van der Waals surface area contributed by atoms with Gasteiger partial charge in [-0.15, -0.1) is 24.0 Å². The molecule has 122 valence electrons. The zero-order chi connectivity index (χ0) is 15.1. The van der Waals surface area contributed by atoms with Crippen molar-refractivity contribution in [2.45, 2.75) is 60.0 Å². The van der Waals surface area contributed by atoms with Crippen molar-refractivity contribution in [1.82, 2.24) is 10.6 Å². The van der Waals surface area contributed by atoms with Crippen LogP contribution in [-0.2, 0) is 6.54 Å². The van der Waals surface area contributed by atoms with Gasteiger partial charge in [-0.05, 0) is 45.6 Å². The molecule has 1 aromatic heterocycles. The Morgan fingerprint density at radius 3 is 2.38 bits per heavy atom. The van der Waals surface area contributed by atoms with Gasteiger partial charge in [0.1, 0.15) is 11.5 Å². The van der Waals surface area contributed by atoms with Crippen LogP contribution in [0.25, 0.3) is 0 Å². The fourth-order valence-corrected chi connectivity index (χ4v) is 2.12. The number of hydrogen-bond donors (Lipinski definition) is 2. The number of rotatable bonds is 6. The Labute approximate surface area is 146 Å². The van der Waals surface area contributed by atoms with Crippen LogP contribution in [0.5, 0.6) is 0 Å². The van der Waals surface area contributed by atoms with E-state index >= 15 is 0 Å². The van der Waals surface area contributed by atoms with E-state index < -0.39 is 0 Å². The van der Waals surface area contributed by atoms with Crippen LogP contribution in [0.1, 0.15) is 50.7 Å². The van der Waals surface area contributed by atoms with Gasteiger partial charge in [-0.25, -0.2) is 0 Å². The van der Waals surface area contributed by atoms with E-state index in [1.807, 2.05) is 13.8 Å². The summed E-state index contributed by atoms with van der Waals surface area (Å²) in [5.74, 6) is 3.51. The molecule has 0 aliphatic carbocycles. The highest BCUT2D eigenvalue weighted by Crippen LogP contribution is 2.13. The van der Waals surface area contributed by atoms with Crippen LogP contribution in [0, 0.1) is 19.8 Å². The molecule has 2 N–H and O–H groups in total. The summed E-state index contributed by atoms with van der Waals surface area (Å²) >= 11 is 0. The van der Waals surface area contributed by atoms with Crippen molar-refractivity contribution in [2.75, 3.05) is 7.05 Å². The molecule has 0 aromatic carbocycles. The van der Waals surface area contributed by atoms with Crippen molar-refractivity contribution in [3.63, 3.8) is 0 Å². The highest BCUT2D eigenvalue weighted by atomic mass is 127. The normalized spacial score (nSPS) is 13.0. The molecule has 4 nitrogen and oxygen atoms in total. The van der Waals surface area contributed by atoms with E-state index in [1.54, 1.807) is 7.05 Å². The molecule has 21 heavy (non-hydrogen) atoms. The van der Waals surface area contributed by atoms with Gasteiger partial charge < -0.3 is 15.1 Å². The lowest BCUT2D eigenvalue weighted by atomic mass is 10.0. The minimum absolute atomic E-state index is 0. The summed E-state index contributed by atoms with van der Waals surface area (Å²) in [6, 6.07) is 2.49. The molecule has 0 saturated carbocycles. The van der Waals surface area contributed by atoms with Crippen LogP contribution in [0.3, 0.4) is 0 Å². The third-order valence-corrected chi connectivity index (χ3v) is 3.37. The molecule has 0 bridgehead atoms. The van der Waals surface area contributed by atoms with Gasteiger partial charge in [-0.1, -0.05) is 13.8 Å². The number of hydrogen-bond acceptors (Lipinski definition) is 2. The van der Waals surface area contributed by atoms with Crippen LogP contribution in [0.2, 0.25) is 0 Å². The number of nitrogens with one attached hydrogen (secondary N) is 2. The second kappa shape index (κ2) is 10.1. The lowest BCUT2D eigenvalue weighted by Gasteiger charge is -2.18. The van der Waals surface area contributed by atoms with Crippen LogP contribution in [0.15, 0.2) is 15.5 Å². The number of aliphatic imine (C=N–C) groups is 1. The first-order chi connectivity index (χ1) is 9.42. The molecule has 0 radical (unpaired) electrons. The van der Waals surface area contributed by atoms with Crippen molar-refractivity contribution in [1.29, 1.82) is 0 Å². The second-order valence-corrected chi connectivity index (χ2v) is 5.88. The maximum Gasteiger partial charge on any atom is 0.191 e. The molecular formula is C16H30IN3O. The second-order valence-electron chi connectivity index (χ2n) is 5.88. The minimum Gasteiger partial charge on any atom is -0.466 e. The van der Waals surface area contributed by atoms with Gasteiger partial charge >= 0.3 is 0 Å². The molecule has 1 unspecified atom stereocenters. The van der Waals surface area contributed by atoms with E-state index in [1.165, 1.54) is 12.0 Å². The molecule has 0 fully saturated rings. The fourth-order valence-electron chi connectivity index (χ4n) is 2.12. The molecule has 5 heteroatoms. The first-order valence-corrected chi connectivity index (χ1v) is 7.45. The van der Waals surface area contributed by atoms with E-state index in [0.29, 0.717) is 6.04 Å². The van der Waals surface area contributed by atoms with Crippen molar-refractivity contribution >= 4 is 29.9 Å². The SMILES string of the molecule is CN=C(NCc1cc(C)oc1C)NC(C)CCC(C)C.I. The Bertz CT molecular complexity index is 441. The van der Waals surface area contributed by atoms with E-state index in [0.717, 1.165) is 36.4 Å². The molecule has 1 atom stereocenters. The Balaban J connectivity index is 0.00000400. The average molecular weight is 407 g/mol. The average Bonchev–Trinajstić information content (AvgIpc) is 2.70. The van der Waals surface area contributed by atoms with Gasteiger partial charge in [0.05, 0.1) is 0 Å². The van der Waals surface area contributed by atoms with E-state index in [2.05, 4.69) is 42.5 Å². The molecule has 0 aliphatic heterocycles. The van der Waals surface area contributed by atoms with Gasteiger partial charge in [0.2, 0.25) is 0 Å². The zero-order valence-corrected chi connectivity index (χ0v) is 16.4. The maximum atomic E-state index is 5.53. The fraction of sp³-hybridized carbons (Fsp3) is 0.688. The number of aryl methyl sites for hydroxylation is 2. The Morgan fingerprint density at radius 1 is 1.24 bits per heavy atom. The summed E-state index contributed by atoms with van der Waals surface area (Å²) < 4.78 is 5.53. The lowest BCUT2D eigenvalue weighted by molar-refractivity contribution is 0.488. The minimum atomic E-state index is 0. The summed E-state index contributed by atoms with van der Waals surface area (Å²) in [7, 11) is 1.80. The Kier molecular flexibility index (Phi) is 9.74. The zero-order valence-electron chi connectivity index (χ0n) is 14.1. The Morgan fingerprint density at radius 2 is 1.90 bits per heavy atom. The summed E-state index contributed by atoms with van der Waals surface area (Å²) in [5, 5.41) is 6.76. The summed E-state index contributed by atoms with van der Waals surface area (Å²) in [6.45, 7) is 11.4. The Hall–Kier alpha value is -0.720. The van der Waals surface area contributed by atoms with E-state index in [4.69, 9.17) is 4.42 Å². The summed E-state index contributed by atoms with van der Waals surface area (Å²) in [4.78, 5) is 4.27. The molecule has 1 aromatic rings. The van der Waals surface area contributed by atoms with Crippen molar-refractivity contribution in [3.8, 4) is 0 Å². The summed E-state index contributed by atoms with van der Waals surface area (Å²) in [5.41, 5.74) is 1.18. The smallest absolute Gasteiger partial charge is 0.191 e. The van der Waals surface area contributed by atoms with Gasteiger partial charge in [0.15, 0.2) is 5.96 Å². The number of halogens is 1. The predicted molar refractivity (Wildman–Crippen MR) is 100 cm³/mol. The highest BCUT2D eigenvalue weighted by molar-refractivity contribution is 14.0. The quantitative estimate of drug-likeness (QED) is 0.426. The number of nitrogens with zero attached hydrogens (tertiary/aromatic N) is 1. The molecular weight excluding hydrogens is 377 g/mol. The van der Waals surface area contributed by atoms with Crippen LogP contribution in [0.4, 0.5) is 0 Å². The molecule has 1 heterocycles. The van der Waals surface area contributed by atoms with E-state index in [-0.39, 0.29) is 24.0 Å². The standard InChI is InChI=1S/C16H29N3O.HI/c1-11(2)7-8-12(3)19-16(17-6)18-10-15-9-13(4)20-14(15)5;/h9,11-12H,7-8,10H2,1-6H3,(H2,17,18,19);1H. The molecule has 0 aliphatic rings. The third kappa shape index (κ3) is 7.74. The first kappa shape index (κ1) is 20.3. The van der Waals surface area contributed by atoms with Crippen molar-refractivity contribution < 1.29 is 4.42 Å². The largest absolute Gasteiger partial charge is 0.466 e. The maximum absolute atomic E-state index is 5.53. The lowest BCUT2D eigenvalue weighted by Crippen LogP contribution is -2.41. The monoisotopic (exact) mass is 407 g/mol. The summed E-state index contributed by atoms with van der Waals surface area (Å²) in [6.07, 6.45) is 2.38. The van der Waals surface area contributed by atoms with Crippen LogP contribution < -0.4 is 10.6 Å². The molecule has 0 amide bonds. The molecule has 0 saturated heterocycles. The van der Waals surface area contributed by atoms with Gasteiger partial charge in [0, 0.05) is 25.2 Å². The molecule has 1 rings (SSSR count).